The molecule has 0 N–H and O–H groups in total. The van der Waals surface area contributed by atoms with Gasteiger partial charge in [0.25, 0.3) is 0 Å². The minimum absolute atomic E-state index is 0.0637. The van der Waals surface area contributed by atoms with Gasteiger partial charge in [0.05, 0.1) is 0 Å². The highest BCUT2D eigenvalue weighted by Crippen LogP contribution is 2.45. The van der Waals surface area contributed by atoms with E-state index in [1.165, 1.54) is 178 Å². The molecule has 2 heteroatoms. The summed E-state index contributed by atoms with van der Waals surface area (Å²) >= 11 is 0. The standard InChI is InChI=1S/C49H82N2/c1-4-7-9-11-13-15-17-19-20-22-24-26-28-36-42-51-44-43-50(41-35-27-25-23-21-18-16-14-12-10-8-5-2)49(51,45-46-37-31-29-32-38-46)48(6-3)47-39-33-30-34-40-47/h29-34,37-40,43-44,48H,4-28,35-36,41-42,45H2,1-3H3. The minimum atomic E-state index is -0.0637. The Balaban J connectivity index is 1.54. The van der Waals surface area contributed by atoms with Crippen molar-refractivity contribution >= 4 is 0 Å². The highest BCUT2D eigenvalue weighted by atomic mass is 15.4. The van der Waals surface area contributed by atoms with E-state index >= 15 is 0 Å². The van der Waals surface area contributed by atoms with Crippen LogP contribution in [0.1, 0.15) is 211 Å². The first-order valence-electron chi connectivity index (χ1n) is 22.6. The van der Waals surface area contributed by atoms with Crippen molar-refractivity contribution in [3.63, 3.8) is 0 Å². The van der Waals surface area contributed by atoms with Crippen molar-refractivity contribution in [3.8, 4) is 0 Å². The van der Waals surface area contributed by atoms with Crippen LogP contribution in [0.2, 0.25) is 0 Å². The molecule has 0 saturated carbocycles. The smallest absolute Gasteiger partial charge is 0.123 e. The Morgan fingerprint density at radius 1 is 0.412 bits per heavy atom. The zero-order chi connectivity index (χ0) is 36.1. The van der Waals surface area contributed by atoms with Crippen molar-refractivity contribution in [2.45, 2.75) is 212 Å². The van der Waals surface area contributed by atoms with Gasteiger partial charge in [-0.05, 0) is 30.4 Å². The van der Waals surface area contributed by atoms with Crippen molar-refractivity contribution in [3.05, 3.63) is 84.2 Å². The number of nitrogens with zero attached hydrogens (tertiary/aromatic N) is 2. The molecule has 51 heavy (non-hydrogen) atoms. The molecule has 2 unspecified atom stereocenters. The van der Waals surface area contributed by atoms with E-state index in [9.17, 15) is 0 Å². The first kappa shape index (κ1) is 43.2. The van der Waals surface area contributed by atoms with Crippen LogP contribution in [0.3, 0.4) is 0 Å². The van der Waals surface area contributed by atoms with Gasteiger partial charge in [0, 0.05) is 37.8 Å². The fourth-order valence-electron chi connectivity index (χ4n) is 8.86. The second-order valence-corrected chi connectivity index (χ2v) is 16.1. The molecular weight excluding hydrogens is 617 g/mol. The van der Waals surface area contributed by atoms with Gasteiger partial charge in [-0.15, -0.1) is 0 Å². The monoisotopic (exact) mass is 699 g/mol. The van der Waals surface area contributed by atoms with Crippen LogP contribution in [0, 0.1) is 0 Å². The van der Waals surface area contributed by atoms with Gasteiger partial charge < -0.3 is 9.80 Å². The topological polar surface area (TPSA) is 6.48 Å². The quantitative estimate of drug-likeness (QED) is 0.0685. The van der Waals surface area contributed by atoms with Gasteiger partial charge in [-0.1, -0.05) is 236 Å². The molecule has 3 rings (SSSR count). The third kappa shape index (κ3) is 16.6. The molecule has 0 fully saturated rings. The lowest BCUT2D eigenvalue weighted by Gasteiger charge is -2.51. The number of hydrogen-bond donors (Lipinski definition) is 0. The maximum atomic E-state index is 2.79. The summed E-state index contributed by atoms with van der Waals surface area (Å²) in [4.78, 5) is 5.59. The van der Waals surface area contributed by atoms with Gasteiger partial charge in [0.1, 0.15) is 5.66 Å². The van der Waals surface area contributed by atoms with Crippen LogP contribution in [0.25, 0.3) is 0 Å². The maximum absolute atomic E-state index is 2.79. The summed E-state index contributed by atoms with van der Waals surface area (Å²) in [5, 5.41) is 0. The van der Waals surface area contributed by atoms with Gasteiger partial charge in [-0.2, -0.15) is 0 Å². The zero-order valence-corrected chi connectivity index (χ0v) is 34.1. The molecule has 2 aromatic carbocycles. The van der Waals surface area contributed by atoms with E-state index in [1.54, 1.807) is 0 Å². The predicted molar refractivity (Wildman–Crippen MR) is 226 cm³/mol. The average Bonchev–Trinajstić information content (AvgIpc) is 3.49. The summed E-state index contributed by atoms with van der Waals surface area (Å²) in [5.41, 5.74) is 2.89. The van der Waals surface area contributed by atoms with Crippen LogP contribution in [-0.4, -0.2) is 28.6 Å². The number of unbranched alkanes of at least 4 members (excludes halogenated alkanes) is 24. The molecule has 0 bridgehead atoms. The van der Waals surface area contributed by atoms with E-state index in [-0.39, 0.29) is 5.66 Å². The Kier molecular flexibility index (Phi) is 24.0. The molecule has 0 spiro atoms. The molecule has 0 aromatic heterocycles. The largest absolute Gasteiger partial charge is 0.353 e. The lowest BCUT2D eigenvalue weighted by Crippen LogP contribution is -2.59. The van der Waals surface area contributed by atoms with E-state index < -0.39 is 0 Å². The SMILES string of the molecule is CCCCCCCCCCCCCCCCN1C=CN(CCCCCCCCCCCCCC)C1(Cc1ccccc1)C(CC)c1ccccc1. The fourth-order valence-corrected chi connectivity index (χ4v) is 8.86. The second kappa shape index (κ2) is 28.3. The van der Waals surface area contributed by atoms with Crippen molar-refractivity contribution in [1.82, 2.24) is 9.80 Å². The summed E-state index contributed by atoms with van der Waals surface area (Å²) < 4.78 is 0. The summed E-state index contributed by atoms with van der Waals surface area (Å²) in [6.45, 7) is 9.35. The van der Waals surface area contributed by atoms with Crippen LogP contribution >= 0.6 is 0 Å². The number of benzene rings is 2. The van der Waals surface area contributed by atoms with Crippen LogP contribution in [0.4, 0.5) is 0 Å². The molecule has 2 atom stereocenters. The van der Waals surface area contributed by atoms with Crippen molar-refractivity contribution in [2.24, 2.45) is 0 Å². The Hall–Kier alpha value is -2.22. The van der Waals surface area contributed by atoms with E-state index in [2.05, 4.69) is 104 Å². The molecular formula is C49H82N2. The number of rotatable bonds is 33. The molecule has 1 heterocycles. The highest BCUT2D eigenvalue weighted by molar-refractivity contribution is 5.30. The zero-order valence-electron chi connectivity index (χ0n) is 34.1. The minimum Gasteiger partial charge on any atom is -0.353 e. The molecule has 2 nitrogen and oxygen atoms in total. The Bertz CT molecular complexity index is 1080. The van der Waals surface area contributed by atoms with E-state index in [0.29, 0.717) is 5.92 Å². The van der Waals surface area contributed by atoms with E-state index in [4.69, 9.17) is 0 Å². The van der Waals surface area contributed by atoms with Gasteiger partial charge in [0.2, 0.25) is 0 Å². The summed E-state index contributed by atoms with van der Waals surface area (Å²) in [6.07, 6.45) is 43.8. The summed E-state index contributed by atoms with van der Waals surface area (Å²) in [7, 11) is 0. The van der Waals surface area contributed by atoms with Gasteiger partial charge in [-0.3, -0.25) is 0 Å². The third-order valence-electron chi connectivity index (χ3n) is 11.9. The average molecular weight is 699 g/mol. The Labute approximate surface area is 318 Å². The molecule has 0 radical (unpaired) electrons. The van der Waals surface area contributed by atoms with Crippen molar-refractivity contribution < 1.29 is 0 Å². The van der Waals surface area contributed by atoms with E-state index in [1.807, 2.05) is 0 Å². The number of hydrogen-bond acceptors (Lipinski definition) is 2. The van der Waals surface area contributed by atoms with E-state index in [0.717, 1.165) is 25.9 Å². The van der Waals surface area contributed by atoms with Crippen molar-refractivity contribution in [2.75, 3.05) is 13.1 Å². The first-order valence-corrected chi connectivity index (χ1v) is 22.6. The Morgan fingerprint density at radius 3 is 1.10 bits per heavy atom. The van der Waals surface area contributed by atoms with Crippen LogP contribution in [0.15, 0.2) is 73.1 Å². The first-order chi connectivity index (χ1) is 25.3. The van der Waals surface area contributed by atoms with Gasteiger partial charge in [0.15, 0.2) is 0 Å². The normalized spacial score (nSPS) is 16.4. The summed E-state index contributed by atoms with van der Waals surface area (Å²) in [5.74, 6) is 0.442. The molecule has 0 amide bonds. The highest BCUT2D eigenvalue weighted by Gasteiger charge is 2.49. The van der Waals surface area contributed by atoms with Crippen LogP contribution < -0.4 is 0 Å². The molecule has 0 aliphatic carbocycles. The third-order valence-corrected chi connectivity index (χ3v) is 11.9. The van der Waals surface area contributed by atoms with Crippen LogP contribution in [-0.2, 0) is 6.42 Å². The van der Waals surface area contributed by atoms with Crippen LogP contribution in [0.5, 0.6) is 0 Å². The molecule has 0 saturated heterocycles. The molecule has 2 aromatic rings. The molecule has 1 aliphatic rings. The second-order valence-electron chi connectivity index (χ2n) is 16.1. The lowest BCUT2D eigenvalue weighted by molar-refractivity contribution is -0.00378. The lowest BCUT2D eigenvalue weighted by atomic mass is 9.78. The molecule has 1 aliphatic heterocycles. The predicted octanol–water partition coefficient (Wildman–Crippen LogP) is 15.4. The maximum Gasteiger partial charge on any atom is 0.123 e. The summed E-state index contributed by atoms with van der Waals surface area (Å²) in [6, 6.07) is 22.9. The Morgan fingerprint density at radius 2 is 0.745 bits per heavy atom. The fraction of sp³-hybridized carbons (Fsp3) is 0.714. The van der Waals surface area contributed by atoms with Gasteiger partial charge >= 0.3 is 0 Å². The van der Waals surface area contributed by atoms with Crippen molar-refractivity contribution in [1.29, 1.82) is 0 Å². The van der Waals surface area contributed by atoms with Gasteiger partial charge in [-0.25, -0.2) is 0 Å². The molecule has 288 valence electrons.